The van der Waals surface area contributed by atoms with E-state index in [1.165, 1.54) is 0 Å². The molecule has 0 aliphatic carbocycles. The topological polar surface area (TPSA) is 109 Å². The summed E-state index contributed by atoms with van der Waals surface area (Å²) < 4.78 is 4.71. The normalized spacial score (nSPS) is 15.3. The van der Waals surface area contributed by atoms with E-state index in [0.29, 0.717) is 12.2 Å². The van der Waals surface area contributed by atoms with Crippen LogP contribution in [0.4, 0.5) is 6.01 Å². The molecule has 2 heterocycles. The number of rotatable bonds is 2. The molecule has 0 atom stereocenters. The fourth-order valence-corrected chi connectivity index (χ4v) is 1.15. The Morgan fingerprint density at radius 3 is 2.88 bits per heavy atom. The number of anilines is 1. The Morgan fingerprint density at radius 2 is 2.31 bits per heavy atom. The van der Waals surface area contributed by atoms with Crippen LogP contribution in [0.15, 0.2) is 9.62 Å². The summed E-state index contributed by atoms with van der Waals surface area (Å²) in [7, 11) is 0. The fourth-order valence-electron chi connectivity index (χ4n) is 1.15. The molecule has 2 amide bonds. The van der Waals surface area contributed by atoms with E-state index in [-0.39, 0.29) is 24.1 Å². The Bertz CT molecular complexity index is 464. The molecule has 8 heteroatoms. The maximum Gasteiger partial charge on any atom is 0.328 e. The minimum Gasteiger partial charge on any atom is -0.315 e. The average Bonchev–Trinajstić information content (AvgIpc) is 2.65. The minimum atomic E-state index is -0.455. The van der Waals surface area contributed by atoms with E-state index in [4.69, 9.17) is 4.52 Å². The van der Waals surface area contributed by atoms with Gasteiger partial charge in [0.1, 0.15) is 5.71 Å². The van der Waals surface area contributed by atoms with Gasteiger partial charge in [0, 0.05) is 12.8 Å². The number of aromatic nitrogens is 2. The van der Waals surface area contributed by atoms with Crippen LogP contribution in [-0.2, 0) is 9.59 Å². The van der Waals surface area contributed by atoms with Gasteiger partial charge in [0.2, 0.25) is 5.91 Å². The Kier molecular flexibility index (Phi) is 2.63. The van der Waals surface area contributed by atoms with E-state index in [1.54, 1.807) is 6.92 Å². The molecule has 0 saturated heterocycles. The van der Waals surface area contributed by atoms with Crippen molar-refractivity contribution >= 4 is 23.5 Å². The lowest BCUT2D eigenvalue weighted by molar-refractivity contribution is -0.121. The molecule has 2 N–H and O–H groups in total. The molecular weight excluding hydrogens is 214 g/mol. The summed E-state index contributed by atoms with van der Waals surface area (Å²) in [5.41, 5.74) is 2.46. The van der Waals surface area contributed by atoms with Crippen molar-refractivity contribution in [2.75, 3.05) is 5.32 Å². The second-order valence-corrected chi connectivity index (χ2v) is 3.19. The summed E-state index contributed by atoms with van der Waals surface area (Å²) >= 11 is 0. The zero-order valence-electron chi connectivity index (χ0n) is 8.48. The van der Waals surface area contributed by atoms with Crippen LogP contribution in [0, 0.1) is 6.92 Å². The van der Waals surface area contributed by atoms with Gasteiger partial charge >= 0.3 is 6.01 Å². The van der Waals surface area contributed by atoms with Gasteiger partial charge in [-0.05, 0) is 6.92 Å². The third-order valence-electron chi connectivity index (χ3n) is 1.91. The van der Waals surface area contributed by atoms with Gasteiger partial charge in [0.05, 0.1) is 0 Å². The number of nitrogens with one attached hydrogen (secondary N) is 2. The molecule has 1 aromatic heterocycles. The zero-order valence-corrected chi connectivity index (χ0v) is 8.48. The van der Waals surface area contributed by atoms with E-state index >= 15 is 0 Å². The van der Waals surface area contributed by atoms with Crippen LogP contribution in [-0.4, -0.2) is 27.7 Å². The maximum atomic E-state index is 11.6. The summed E-state index contributed by atoms with van der Waals surface area (Å²) in [6, 6.07) is 0.0158. The molecule has 1 aromatic rings. The lowest BCUT2D eigenvalue weighted by Gasteiger charge is -2.09. The monoisotopic (exact) mass is 223 g/mol. The third kappa shape index (κ3) is 2.22. The van der Waals surface area contributed by atoms with Crippen molar-refractivity contribution in [1.82, 2.24) is 15.6 Å². The van der Waals surface area contributed by atoms with Crippen molar-refractivity contribution in [2.45, 2.75) is 19.8 Å². The van der Waals surface area contributed by atoms with E-state index in [2.05, 4.69) is 26.0 Å². The number of carbonyl (C=O) groups excluding carboxylic acids is 2. The number of nitrogens with zero attached hydrogens (tertiary/aromatic N) is 3. The molecule has 1 aliphatic heterocycles. The summed E-state index contributed by atoms with van der Waals surface area (Å²) in [4.78, 5) is 26.2. The van der Waals surface area contributed by atoms with Gasteiger partial charge in [-0.1, -0.05) is 5.16 Å². The van der Waals surface area contributed by atoms with Crippen molar-refractivity contribution < 1.29 is 14.1 Å². The van der Waals surface area contributed by atoms with Crippen molar-refractivity contribution in [1.29, 1.82) is 0 Å². The smallest absolute Gasteiger partial charge is 0.315 e. The largest absolute Gasteiger partial charge is 0.328 e. The lowest BCUT2D eigenvalue weighted by Crippen LogP contribution is -2.32. The number of hydrogen-bond acceptors (Lipinski definition) is 6. The summed E-state index contributed by atoms with van der Waals surface area (Å²) in [5, 5.41) is 9.53. The molecule has 0 bridgehead atoms. The fraction of sp³-hybridized carbons (Fsp3) is 0.375. The standard InChI is InChI=1S/C8H9N5O3/c1-4-9-8(16-13-4)10-7(15)5-2-3-6(14)12-11-5/h2-3H2,1H3,(H,12,14)(H,9,10,13,15). The van der Waals surface area contributed by atoms with Crippen molar-refractivity contribution in [3.8, 4) is 0 Å². The molecular formula is C8H9N5O3. The molecule has 84 valence electrons. The minimum absolute atomic E-state index is 0.0158. The number of hydrogen-bond donors (Lipinski definition) is 2. The van der Waals surface area contributed by atoms with Crippen molar-refractivity contribution in [3.05, 3.63) is 5.82 Å². The van der Waals surface area contributed by atoms with Crippen LogP contribution < -0.4 is 10.7 Å². The van der Waals surface area contributed by atoms with Gasteiger partial charge in [-0.3, -0.25) is 14.9 Å². The van der Waals surface area contributed by atoms with Crippen LogP contribution >= 0.6 is 0 Å². The first kappa shape index (κ1) is 10.3. The van der Waals surface area contributed by atoms with Crippen molar-refractivity contribution in [3.63, 3.8) is 0 Å². The van der Waals surface area contributed by atoms with Crippen LogP contribution in [0.2, 0.25) is 0 Å². The molecule has 0 unspecified atom stereocenters. The number of hydrazone groups is 1. The van der Waals surface area contributed by atoms with Gasteiger partial charge < -0.3 is 4.52 Å². The first-order valence-electron chi connectivity index (χ1n) is 4.62. The Balaban J connectivity index is 2.01. The SMILES string of the molecule is Cc1noc(NC(=O)C2=NNC(=O)CC2)n1. The molecule has 0 saturated carbocycles. The van der Waals surface area contributed by atoms with Crippen LogP contribution in [0.25, 0.3) is 0 Å². The summed E-state index contributed by atoms with van der Waals surface area (Å²) in [6.45, 7) is 1.64. The van der Waals surface area contributed by atoms with Crippen LogP contribution in [0.3, 0.4) is 0 Å². The second kappa shape index (κ2) is 4.09. The van der Waals surface area contributed by atoms with Gasteiger partial charge in [0.15, 0.2) is 5.82 Å². The molecule has 0 aromatic carbocycles. The van der Waals surface area contributed by atoms with E-state index in [1.807, 2.05) is 0 Å². The molecule has 0 fully saturated rings. The van der Waals surface area contributed by atoms with Crippen molar-refractivity contribution in [2.24, 2.45) is 5.10 Å². The highest BCUT2D eigenvalue weighted by Crippen LogP contribution is 2.05. The first-order chi connectivity index (χ1) is 7.65. The molecule has 0 spiro atoms. The molecule has 16 heavy (non-hydrogen) atoms. The molecule has 2 rings (SSSR count). The summed E-state index contributed by atoms with van der Waals surface area (Å²) in [5.74, 6) is -0.233. The summed E-state index contributed by atoms with van der Waals surface area (Å²) in [6.07, 6.45) is 0.542. The number of carbonyl (C=O) groups is 2. The van der Waals surface area contributed by atoms with E-state index in [0.717, 1.165) is 0 Å². The van der Waals surface area contributed by atoms with Gasteiger partial charge in [-0.15, -0.1) is 0 Å². The highest BCUT2D eigenvalue weighted by molar-refractivity contribution is 6.43. The Morgan fingerprint density at radius 1 is 1.50 bits per heavy atom. The van der Waals surface area contributed by atoms with Crippen LogP contribution in [0.5, 0.6) is 0 Å². The second-order valence-electron chi connectivity index (χ2n) is 3.19. The van der Waals surface area contributed by atoms with Crippen LogP contribution in [0.1, 0.15) is 18.7 Å². The maximum absolute atomic E-state index is 11.6. The zero-order chi connectivity index (χ0) is 11.5. The number of amides is 2. The quantitative estimate of drug-likeness (QED) is 0.707. The van der Waals surface area contributed by atoms with Gasteiger partial charge in [-0.25, -0.2) is 5.43 Å². The highest BCUT2D eigenvalue weighted by Gasteiger charge is 2.19. The lowest BCUT2D eigenvalue weighted by atomic mass is 10.2. The molecule has 0 radical (unpaired) electrons. The molecule has 8 nitrogen and oxygen atoms in total. The highest BCUT2D eigenvalue weighted by atomic mass is 16.5. The number of aryl methyl sites for hydroxylation is 1. The first-order valence-corrected chi connectivity index (χ1v) is 4.62. The van der Waals surface area contributed by atoms with Gasteiger partial charge in [-0.2, -0.15) is 10.1 Å². The Labute approximate surface area is 90.1 Å². The van der Waals surface area contributed by atoms with E-state index < -0.39 is 5.91 Å². The van der Waals surface area contributed by atoms with Gasteiger partial charge in [0.25, 0.3) is 5.91 Å². The van der Waals surface area contributed by atoms with E-state index in [9.17, 15) is 9.59 Å². The predicted octanol–water partition coefficient (Wildman–Crippen LogP) is -0.417. The predicted molar refractivity (Wildman–Crippen MR) is 52.5 cm³/mol. The molecule has 1 aliphatic rings. The average molecular weight is 223 g/mol. The third-order valence-corrected chi connectivity index (χ3v) is 1.91. The Hall–Kier alpha value is -2.25.